The van der Waals surface area contributed by atoms with E-state index >= 15 is 0 Å². The smallest absolute Gasteiger partial charge is 0.242 e. The van der Waals surface area contributed by atoms with Crippen LogP contribution in [0.5, 0.6) is 0 Å². The number of carbonyl (C=O) groups excluding carboxylic acids is 1. The molecule has 1 atom stereocenters. The predicted octanol–water partition coefficient (Wildman–Crippen LogP) is 0.296. The van der Waals surface area contributed by atoms with Crippen molar-refractivity contribution in [2.24, 2.45) is 0 Å². The fourth-order valence-electron chi connectivity index (χ4n) is 1.94. The molecule has 1 amide bonds. The van der Waals surface area contributed by atoms with E-state index in [1.165, 1.54) is 6.33 Å². The Morgan fingerprint density at radius 3 is 2.84 bits per heavy atom. The summed E-state index contributed by atoms with van der Waals surface area (Å²) in [6.45, 7) is 6.62. The van der Waals surface area contributed by atoms with Crippen LogP contribution in [0.2, 0.25) is 0 Å². The van der Waals surface area contributed by atoms with E-state index in [0.717, 1.165) is 11.4 Å². The molecular weight excluding hydrogens is 244 g/mol. The second-order valence-corrected chi connectivity index (χ2v) is 4.67. The number of hydrogen-bond acceptors (Lipinski definition) is 4. The summed E-state index contributed by atoms with van der Waals surface area (Å²) in [6, 6.07) is 1.94. The number of rotatable bonds is 5. The van der Waals surface area contributed by atoms with Gasteiger partial charge in [-0.2, -0.15) is 10.2 Å². The number of aryl methyl sites for hydroxylation is 2. The molecule has 2 aromatic rings. The van der Waals surface area contributed by atoms with E-state index in [2.05, 4.69) is 20.5 Å². The maximum atomic E-state index is 11.9. The van der Waals surface area contributed by atoms with Crippen LogP contribution in [-0.4, -0.2) is 36.5 Å². The Hall–Kier alpha value is -2.18. The van der Waals surface area contributed by atoms with Gasteiger partial charge in [0.25, 0.3) is 0 Å². The number of carbonyl (C=O) groups is 1. The zero-order valence-corrected chi connectivity index (χ0v) is 11.4. The third-order valence-electron chi connectivity index (χ3n) is 2.73. The van der Waals surface area contributed by atoms with E-state index in [0.29, 0.717) is 6.54 Å². The second kappa shape index (κ2) is 5.64. The van der Waals surface area contributed by atoms with Crippen LogP contribution in [0, 0.1) is 13.8 Å². The molecule has 0 radical (unpaired) electrons. The fraction of sp³-hybridized carbons (Fsp3) is 0.500. The Kier molecular flexibility index (Phi) is 3.94. The van der Waals surface area contributed by atoms with E-state index in [1.54, 1.807) is 15.7 Å². The Morgan fingerprint density at radius 2 is 2.26 bits per heavy atom. The standard InChI is InChI=1S/C12H18N6O/c1-9-4-11(3)18(16-9)6-12(19)15-10(2)5-17-8-13-7-14-17/h4,7-8,10H,5-6H2,1-3H3,(H,15,19)/t10-/m1/s1. The first-order valence-corrected chi connectivity index (χ1v) is 6.17. The first kappa shape index (κ1) is 13.3. The van der Waals surface area contributed by atoms with Crippen LogP contribution in [0.25, 0.3) is 0 Å². The SMILES string of the molecule is Cc1cc(C)n(CC(=O)N[C@H](C)Cn2cncn2)n1. The van der Waals surface area contributed by atoms with Crippen molar-refractivity contribution >= 4 is 5.91 Å². The van der Waals surface area contributed by atoms with Gasteiger partial charge in [-0.15, -0.1) is 0 Å². The van der Waals surface area contributed by atoms with Gasteiger partial charge in [0.1, 0.15) is 19.2 Å². The third-order valence-corrected chi connectivity index (χ3v) is 2.73. The van der Waals surface area contributed by atoms with Gasteiger partial charge >= 0.3 is 0 Å². The molecule has 0 saturated heterocycles. The van der Waals surface area contributed by atoms with E-state index in [9.17, 15) is 4.79 Å². The number of nitrogens with zero attached hydrogens (tertiary/aromatic N) is 5. The highest BCUT2D eigenvalue weighted by atomic mass is 16.2. The lowest BCUT2D eigenvalue weighted by molar-refractivity contribution is -0.122. The maximum absolute atomic E-state index is 11.9. The zero-order valence-electron chi connectivity index (χ0n) is 11.4. The van der Waals surface area contributed by atoms with Gasteiger partial charge in [-0.3, -0.25) is 14.2 Å². The Labute approximate surface area is 111 Å². The lowest BCUT2D eigenvalue weighted by Gasteiger charge is -2.14. The molecule has 0 aliphatic rings. The summed E-state index contributed by atoms with van der Waals surface area (Å²) < 4.78 is 3.39. The van der Waals surface area contributed by atoms with Crippen molar-refractivity contribution in [1.29, 1.82) is 0 Å². The molecule has 2 aromatic heterocycles. The highest BCUT2D eigenvalue weighted by molar-refractivity contribution is 5.75. The van der Waals surface area contributed by atoms with Crippen LogP contribution < -0.4 is 5.32 Å². The topological polar surface area (TPSA) is 77.6 Å². The summed E-state index contributed by atoms with van der Waals surface area (Å²) >= 11 is 0. The number of hydrogen-bond donors (Lipinski definition) is 1. The van der Waals surface area contributed by atoms with Gasteiger partial charge in [0, 0.05) is 11.7 Å². The van der Waals surface area contributed by atoms with Crippen molar-refractivity contribution in [3.63, 3.8) is 0 Å². The van der Waals surface area contributed by atoms with Gasteiger partial charge in [-0.05, 0) is 26.8 Å². The Morgan fingerprint density at radius 1 is 1.47 bits per heavy atom. The summed E-state index contributed by atoms with van der Waals surface area (Å²) in [5.74, 6) is -0.0567. The molecule has 1 N–H and O–H groups in total. The minimum atomic E-state index is -0.0567. The highest BCUT2D eigenvalue weighted by Gasteiger charge is 2.10. The van der Waals surface area contributed by atoms with Crippen molar-refractivity contribution in [1.82, 2.24) is 29.9 Å². The molecule has 0 spiro atoms. The molecule has 0 bridgehead atoms. The lowest BCUT2D eigenvalue weighted by Crippen LogP contribution is -2.38. The average molecular weight is 262 g/mol. The quantitative estimate of drug-likeness (QED) is 0.840. The lowest BCUT2D eigenvalue weighted by atomic mass is 10.3. The number of amides is 1. The molecule has 2 rings (SSSR count). The summed E-state index contributed by atoms with van der Waals surface area (Å²) in [5, 5.41) is 11.2. The third kappa shape index (κ3) is 3.64. The first-order chi connectivity index (χ1) is 9.04. The van der Waals surface area contributed by atoms with Crippen molar-refractivity contribution in [2.45, 2.75) is 39.9 Å². The zero-order chi connectivity index (χ0) is 13.8. The van der Waals surface area contributed by atoms with E-state index in [4.69, 9.17) is 0 Å². The van der Waals surface area contributed by atoms with Crippen LogP contribution in [0.4, 0.5) is 0 Å². The van der Waals surface area contributed by atoms with Gasteiger partial charge in [0.05, 0.1) is 12.2 Å². The normalized spacial score (nSPS) is 12.4. The molecule has 7 nitrogen and oxygen atoms in total. The number of aromatic nitrogens is 5. The van der Waals surface area contributed by atoms with Crippen molar-refractivity contribution in [3.8, 4) is 0 Å². The van der Waals surface area contributed by atoms with Gasteiger partial charge in [-0.1, -0.05) is 0 Å². The minimum Gasteiger partial charge on any atom is -0.350 e. The molecule has 0 saturated carbocycles. The van der Waals surface area contributed by atoms with Crippen molar-refractivity contribution < 1.29 is 4.79 Å². The van der Waals surface area contributed by atoms with Gasteiger partial charge in [-0.25, -0.2) is 4.98 Å². The summed E-state index contributed by atoms with van der Waals surface area (Å²) in [5.41, 5.74) is 1.90. The summed E-state index contributed by atoms with van der Waals surface area (Å²) in [6.07, 6.45) is 3.11. The maximum Gasteiger partial charge on any atom is 0.242 e. The van der Waals surface area contributed by atoms with Gasteiger partial charge in [0.15, 0.2) is 0 Å². The Balaban J connectivity index is 1.85. The van der Waals surface area contributed by atoms with E-state index < -0.39 is 0 Å². The molecular formula is C12H18N6O. The molecule has 102 valence electrons. The molecule has 2 heterocycles. The summed E-state index contributed by atoms with van der Waals surface area (Å²) in [4.78, 5) is 15.8. The monoisotopic (exact) mass is 262 g/mol. The van der Waals surface area contributed by atoms with Crippen LogP contribution in [0.15, 0.2) is 18.7 Å². The molecule has 7 heteroatoms. The second-order valence-electron chi connectivity index (χ2n) is 4.67. The Bertz CT molecular complexity index is 545. The first-order valence-electron chi connectivity index (χ1n) is 6.17. The molecule has 0 aromatic carbocycles. The van der Waals surface area contributed by atoms with Crippen LogP contribution >= 0.6 is 0 Å². The van der Waals surface area contributed by atoms with Crippen LogP contribution in [0.1, 0.15) is 18.3 Å². The van der Waals surface area contributed by atoms with Crippen LogP contribution in [-0.2, 0) is 17.9 Å². The van der Waals surface area contributed by atoms with Gasteiger partial charge < -0.3 is 5.32 Å². The van der Waals surface area contributed by atoms with E-state index in [1.807, 2.05) is 26.8 Å². The molecule has 0 unspecified atom stereocenters. The van der Waals surface area contributed by atoms with Crippen molar-refractivity contribution in [3.05, 3.63) is 30.1 Å². The minimum absolute atomic E-state index is 0.00818. The predicted molar refractivity (Wildman–Crippen MR) is 69.3 cm³/mol. The molecule has 0 aliphatic carbocycles. The van der Waals surface area contributed by atoms with E-state index in [-0.39, 0.29) is 18.5 Å². The van der Waals surface area contributed by atoms with Gasteiger partial charge in [0.2, 0.25) is 5.91 Å². The molecule has 0 aliphatic heterocycles. The largest absolute Gasteiger partial charge is 0.350 e. The molecule has 19 heavy (non-hydrogen) atoms. The summed E-state index contributed by atoms with van der Waals surface area (Å²) in [7, 11) is 0. The number of nitrogens with one attached hydrogen (secondary N) is 1. The van der Waals surface area contributed by atoms with Crippen LogP contribution in [0.3, 0.4) is 0 Å². The van der Waals surface area contributed by atoms with Crippen molar-refractivity contribution in [2.75, 3.05) is 0 Å². The average Bonchev–Trinajstić information content (AvgIpc) is 2.89. The fourth-order valence-corrected chi connectivity index (χ4v) is 1.94. The molecule has 0 fully saturated rings. The highest BCUT2D eigenvalue weighted by Crippen LogP contribution is 2.01.